The van der Waals surface area contributed by atoms with Gasteiger partial charge in [0, 0.05) is 23.3 Å². The Kier molecular flexibility index (Phi) is 2.18. The maximum atomic E-state index is 4.59. The predicted octanol–water partition coefficient (Wildman–Crippen LogP) is 1.27. The minimum absolute atomic E-state index is 0.433. The van der Waals surface area contributed by atoms with E-state index >= 15 is 0 Å². The highest BCUT2D eigenvalue weighted by Crippen LogP contribution is 2.27. The molecule has 0 saturated carbocycles. The summed E-state index contributed by atoms with van der Waals surface area (Å²) in [6.45, 7) is 3.26. The highest BCUT2D eigenvalue weighted by atomic mass is 32.2. The quantitative estimate of drug-likeness (QED) is 0.592. The van der Waals surface area contributed by atoms with Crippen LogP contribution in [0.5, 0.6) is 0 Å². The molecule has 2 rings (SSSR count). The molecular formula is C8H14N2S. The SMILES string of the molecule is CC1=NC2NCCSC2CC1. The zero-order valence-corrected chi connectivity index (χ0v) is 7.66. The molecule has 2 aliphatic heterocycles. The third-order valence-corrected chi connectivity index (χ3v) is 3.65. The highest BCUT2D eigenvalue weighted by Gasteiger charge is 2.27. The molecule has 1 N–H and O–H groups in total. The Morgan fingerprint density at radius 2 is 2.55 bits per heavy atom. The number of hydrogen-bond acceptors (Lipinski definition) is 3. The Balaban J connectivity index is 2.07. The normalized spacial score (nSPS) is 37.7. The van der Waals surface area contributed by atoms with Crippen LogP contribution in [0.2, 0.25) is 0 Å². The molecule has 0 aromatic rings. The van der Waals surface area contributed by atoms with Crippen molar-refractivity contribution in [3.63, 3.8) is 0 Å². The molecule has 11 heavy (non-hydrogen) atoms. The fourth-order valence-corrected chi connectivity index (χ4v) is 2.83. The molecule has 2 atom stereocenters. The van der Waals surface area contributed by atoms with Crippen LogP contribution in [0.3, 0.4) is 0 Å². The third-order valence-electron chi connectivity index (χ3n) is 2.29. The summed E-state index contributed by atoms with van der Waals surface area (Å²) in [5, 5.41) is 4.20. The van der Waals surface area contributed by atoms with Crippen LogP contribution in [0.15, 0.2) is 4.99 Å². The topological polar surface area (TPSA) is 24.4 Å². The second-order valence-corrected chi connectivity index (χ2v) is 4.56. The van der Waals surface area contributed by atoms with Crippen LogP contribution in [0.25, 0.3) is 0 Å². The minimum Gasteiger partial charge on any atom is -0.294 e. The lowest BCUT2D eigenvalue weighted by atomic mass is 10.1. The van der Waals surface area contributed by atoms with E-state index in [9.17, 15) is 0 Å². The molecule has 1 fully saturated rings. The molecule has 0 radical (unpaired) electrons. The predicted molar refractivity (Wildman–Crippen MR) is 50.4 cm³/mol. The van der Waals surface area contributed by atoms with Crippen molar-refractivity contribution < 1.29 is 0 Å². The Bertz CT molecular complexity index is 179. The lowest BCUT2D eigenvalue weighted by Crippen LogP contribution is -2.45. The lowest BCUT2D eigenvalue weighted by Gasteiger charge is -2.32. The van der Waals surface area contributed by atoms with Crippen LogP contribution in [-0.2, 0) is 0 Å². The zero-order chi connectivity index (χ0) is 7.68. The molecule has 0 aromatic carbocycles. The van der Waals surface area contributed by atoms with Crippen LogP contribution in [0.4, 0.5) is 0 Å². The van der Waals surface area contributed by atoms with E-state index in [1.807, 2.05) is 0 Å². The van der Waals surface area contributed by atoms with Gasteiger partial charge in [0.2, 0.25) is 0 Å². The first kappa shape index (κ1) is 7.62. The zero-order valence-electron chi connectivity index (χ0n) is 6.84. The van der Waals surface area contributed by atoms with Crippen molar-refractivity contribution in [2.75, 3.05) is 12.3 Å². The number of nitrogens with one attached hydrogen (secondary N) is 1. The van der Waals surface area contributed by atoms with Crippen LogP contribution in [0, 0.1) is 0 Å². The Morgan fingerprint density at radius 1 is 1.64 bits per heavy atom. The van der Waals surface area contributed by atoms with Gasteiger partial charge in [0.1, 0.15) is 6.17 Å². The van der Waals surface area contributed by atoms with Gasteiger partial charge in [-0.2, -0.15) is 11.8 Å². The number of thioether (sulfide) groups is 1. The van der Waals surface area contributed by atoms with Crippen molar-refractivity contribution in [2.45, 2.75) is 31.2 Å². The van der Waals surface area contributed by atoms with E-state index in [0.717, 1.165) is 11.8 Å². The van der Waals surface area contributed by atoms with Crippen molar-refractivity contribution in [2.24, 2.45) is 4.99 Å². The van der Waals surface area contributed by atoms with Gasteiger partial charge in [0.05, 0.1) is 0 Å². The summed E-state index contributed by atoms with van der Waals surface area (Å²) in [6, 6.07) is 0. The second-order valence-electron chi connectivity index (χ2n) is 3.21. The summed E-state index contributed by atoms with van der Waals surface area (Å²) in [6.07, 6.45) is 2.95. The van der Waals surface area contributed by atoms with Crippen molar-refractivity contribution in [1.29, 1.82) is 0 Å². The standard InChI is InChI=1S/C8H14N2S/c1-6-2-3-7-8(10-6)9-4-5-11-7/h7-9H,2-5H2,1H3. The van der Waals surface area contributed by atoms with E-state index in [4.69, 9.17) is 0 Å². The first-order valence-electron chi connectivity index (χ1n) is 4.24. The Hall–Kier alpha value is -0.0200. The Morgan fingerprint density at radius 3 is 3.45 bits per heavy atom. The second kappa shape index (κ2) is 3.15. The van der Waals surface area contributed by atoms with E-state index in [-0.39, 0.29) is 0 Å². The Labute approximate surface area is 71.9 Å². The number of aliphatic imine (C=N–C) groups is 1. The van der Waals surface area contributed by atoms with Gasteiger partial charge in [-0.15, -0.1) is 0 Å². The fourth-order valence-electron chi connectivity index (χ4n) is 1.66. The van der Waals surface area contributed by atoms with Crippen LogP contribution in [0.1, 0.15) is 19.8 Å². The summed E-state index contributed by atoms with van der Waals surface area (Å²) in [5.41, 5.74) is 1.32. The number of nitrogens with zero attached hydrogens (tertiary/aromatic N) is 1. The maximum Gasteiger partial charge on any atom is 0.111 e. The summed E-state index contributed by atoms with van der Waals surface area (Å²) >= 11 is 2.08. The van der Waals surface area contributed by atoms with Crippen LogP contribution in [-0.4, -0.2) is 29.4 Å². The first-order chi connectivity index (χ1) is 5.36. The molecule has 0 aliphatic carbocycles. The molecule has 0 bridgehead atoms. The van der Waals surface area contributed by atoms with E-state index < -0.39 is 0 Å². The fraction of sp³-hybridized carbons (Fsp3) is 0.875. The smallest absolute Gasteiger partial charge is 0.111 e. The summed E-state index contributed by atoms with van der Waals surface area (Å²) in [7, 11) is 0. The molecule has 62 valence electrons. The average molecular weight is 170 g/mol. The summed E-state index contributed by atoms with van der Waals surface area (Å²) < 4.78 is 0. The van der Waals surface area contributed by atoms with Crippen molar-refractivity contribution in [1.82, 2.24) is 5.32 Å². The average Bonchev–Trinajstić information content (AvgIpc) is 2.04. The van der Waals surface area contributed by atoms with Gasteiger partial charge in [-0.05, 0) is 19.8 Å². The largest absolute Gasteiger partial charge is 0.294 e. The van der Waals surface area contributed by atoms with Gasteiger partial charge in [-0.1, -0.05) is 0 Å². The van der Waals surface area contributed by atoms with Crippen molar-refractivity contribution in [3.8, 4) is 0 Å². The maximum absolute atomic E-state index is 4.59. The number of hydrogen-bond donors (Lipinski definition) is 1. The van der Waals surface area contributed by atoms with Gasteiger partial charge in [-0.3, -0.25) is 10.3 Å². The molecule has 2 nitrogen and oxygen atoms in total. The summed E-state index contributed by atoms with van der Waals surface area (Å²) in [5.74, 6) is 1.26. The van der Waals surface area contributed by atoms with Crippen molar-refractivity contribution in [3.05, 3.63) is 0 Å². The van der Waals surface area contributed by atoms with Gasteiger partial charge in [0.15, 0.2) is 0 Å². The van der Waals surface area contributed by atoms with Gasteiger partial charge in [-0.25, -0.2) is 0 Å². The van der Waals surface area contributed by atoms with Crippen molar-refractivity contribution >= 4 is 17.5 Å². The van der Waals surface area contributed by atoms with E-state index in [1.54, 1.807) is 0 Å². The van der Waals surface area contributed by atoms with Gasteiger partial charge < -0.3 is 0 Å². The first-order valence-corrected chi connectivity index (χ1v) is 5.29. The minimum atomic E-state index is 0.433. The van der Waals surface area contributed by atoms with E-state index in [0.29, 0.717) is 6.17 Å². The number of rotatable bonds is 0. The molecule has 1 saturated heterocycles. The van der Waals surface area contributed by atoms with E-state index in [2.05, 4.69) is 29.0 Å². The van der Waals surface area contributed by atoms with Crippen LogP contribution < -0.4 is 5.32 Å². The van der Waals surface area contributed by atoms with Gasteiger partial charge in [0.25, 0.3) is 0 Å². The molecule has 2 aliphatic rings. The summed E-state index contributed by atoms with van der Waals surface area (Å²) in [4.78, 5) is 4.59. The molecule has 3 heteroatoms. The van der Waals surface area contributed by atoms with E-state index in [1.165, 1.54) is 24.3 Å². The third kappa shape index (κ3) is 1.59. The molecule has 0 spiro atoms. The monoisotopic (exact) mass is 170 g/mol. The van der Waals surface area contributed by atoms with Gasteiger partial charge >= 0.3 is 0 Å². The highest BCUT2D eigenvalue weighted by molar-refractivity contribution is 8.00. The number of fused-ring (bicyclic) bond motifs is 1. The molecule has 2 unspecified atom stereocenters. The molecule has 0 aromatic heterocycles. The molecule has 2 heterocycles. The lowest BCUT2D eigenvalue weighted by molar-refractivity contribution is 0.483. The van der Waals surface area contributed by atoms with Crippen LogP contribution >= 0.6 is 11.8 Å². The molecular weight excluding hydrogens is 156 g/mol. The molecule has 0 amide bonds.